The quantitative estimate of drug-likeness (QED) is 0.648. The Labute approximate surface area is 134 Å². The number of guanidine groups is 1. The maximum Gasteiger partial charge on any atom is 0.193 e. The van der Waals surface area contributed by atoms with Gasteiger partial charge in [-0.2, -0.15) is 0 Å². The predicted molar refractivity (Wildman–Crippen MR) is 93.4 cm³/mol. The predicted octanol–water partition coefficient (Wildman–Crippen LogP) is 2.49. The van der Waals surface area contributed by atoms with Crippen molar-refractivity contribution in [3.63, 3.8) is 0 Å². The largest absolute Gasteiger partial charge is 0.357 e. The molecule has 0 bridgehead atoms. The highest BCUT2D eigenvalue weighted by Crippen LogP contribution is 2.17. The van der Waals surface area contributed by atoms with Crippen LogP contribution in [0.25, 0.3) is 0 Å². The van der Waals surface area contributed by atoms with E-state index in [1.54, 1.807) is 0 Å². The van der Waals surface area contributed by atoms with Crippen LogP contribution in [0.3, 0.4) is 0 Å². The SMILES string of the molecule is CCCCN(C)C(=NC)NCc1ccc(N2CCCC2)nc1. The molecule has 2 rings (SSSR count). The molecule has 5 nitrogen and oxygen atoms in total. The molecule has 0 radical (unpaired) electrons. The van der Waals surface area contributed by atoms with Gasteiger partial charge in [0.1, 0.15) is 5.82 Å². The summed E-state index contributed by atoms with van der Waals surface area (Å²) < 4.78 is 0. The molecule has 5 heteroatoms. The molecular weight excluding hydrogens is 274 g/mol. The van der Waals surface area contributed by atoms with Gasteiger partial charge in [0.25, 0.3) is 0 Å². The molecule has 1 aromatic rings. The lowest BCUT2D eigenvalue weighted by Crippen LogP contribution is -2.39. The number of hydrogen-bond acceptors (Lipinski definition) is 3. The third-order valence-corrected chi connectivity index (χ3v) is 4.11. The van der Waals surface area contributed by atoms with E-state index in [0.29, 0.717) is 0 Å². The summed E-state index contributed by atoms with van der Waals surface area (Å²) in [6.45, 7) is 6.27. The molecule has 0 aliphatic carbocycles. The van der Waals surface area contributed by atoms with Crippen molar-refractivity contribution >= 4 is 11.8 Å². The van der Waals surface area contributed by atoms with Gasteiger partial charge in [0.2, 0.25) is 0 Å². The standard InChI is InChI=1S/C17H29N5/c1-4-5-10-21(3)17(18-2)20-14-15-8-9-16(19-13-15)22-11-6-7-12-22/h8-9,13H,4-7,10-12,14H2,1-3H3,(H,18,20). The number of hydrogen-bond donors (Lipinski definition) is 1. The zero-order valence-corrected chi connectivity index (χ0v) is 14.2. The molecule has 0 saturated carbocycles. The number of nitrogens with one attached hydrogen (secondary N) is 1. The van der Waals surface area contributed by atoms with Gasteiger partial charge in [-0.25, -0.2) is 4.98 Å². The average Bonchev–Trinajstić information content (AvgIpc) is 3.08. The maximum atomic E-state index is 4.59. The van der Waals surface area contributed by atoms with E-state index in [1.165, 1.54) is 31.2 Å². The Hall–Kier alpha value is -1.78. The van der Waals surface area contributed by atoms with Crippen molar-refractivity contribution in [3.05, 3.63) is 23.9 Å². The van der Waals surface area contributed by atoms with Crippen LogP contribution in [-0.2, 0) is 6.54 Å². The zero-order chi connectivity index (χ0) is 15.8. The molecule has 22 heavy (non-hydrogen) atoms. The van der Waals surface area contributed by atoms with Crippen molar-refractivity contribution < 1.29 is 0 Å². The molecule has 122 valence electrons. The first-order valence-electron chi connectivity index (χ1n) is 8.36. The third-order valence-electron chi connectivity index (χ3n) is 4.11. The fourth-order valence-electron chi connectivity index (χ4n) is 2.72. The van der Waals surface area contributed by atoms with Crippen LogP contribution in [0, 0.1) is 0 Å². The average molecular weight is 303 g/mol. The molecule has 1 saturated heterocycles. The van der Waals surface area contributed by atoms with Gasteiger partial charge in [0.15, 0.2) is 5.96 Å². The van der Waals surface area contributed by atoms with E-state index in [9.17, 15) is 0 Å². The number of aromatic nitrogens is 1. The Morgan fingerprint density at radius 1 is 1.36 bits per heavy atom. The lowest BCUT2D eigenvalue weighted by Gasteiger charge is -2.22. The second-order valence-corrected chi connectivity index (χ2v) is 5.89. The van der Waals surface area contributed by atoms with Gasteiger partial charge in [-0.3, -0.25) is 4.99 Å². The zero-order valence-electron chi connectivity index (χ0n) is 14.2. The number of unbranched alkanes of at least 4 members (excludes halogenated alkanes) is 1. The Morgan fingerprint density at radius 2 is 2.14 bits per heavy atom. The van der Waals surface area contributed by atoms with E-state index >= 15 is 0 Å². The van der Waals surface area contributed by atoms with Crippen LogP contribution in [0.2, 0.25) is 0 Å². The fourth-order valence-corrected chi connectivity index (χ4v) is 2.72. The first kappa shape index (κ1) is 16.6. The number of anilines is 1. The van der Waals surface area contributed by atoms with E-state index in [4.69, 9.17) is 0 Å². The summed E-state index contributed by atoms with van der Waals surface area (Å²) in [5.74, 6) is 2.04. The Morgan fingerprint density at radius 3 is 2.73 bits per heavy atom. The van der Waals surface area contributed by atoms with E-state index in [-0.39, 0.29) is 0 Å². The van der Waals surface area contributed by atoms with Crippen molar-refractivity contribution in [1.82, 2.24) is 15.2 Å². The topological polar surface area (TPSA) is 43.8 Å². The number of pyridine rings is 1. The van der Waals surface area contributed by atoms with E-state index < -0.39 is 0 Å². The van der Waals surface area contributed by atoms with Gasteiger partial charge in [-0.15, -0.1) is 0 Å². The van der Waals surface area contributed by atoms with E-state index in [2.05, 4.69) is 51.2 Å². The fraction of sp³-hybridized carbons (Fsp3) is 0.647. The molecule has 0 unspecified atom stereocenters. The van der Waals surface area contributed by atoms with Gasteiger partial charge < -0.3 is 15.1 Å². The summed E-state index contributed by atoms with van der Waals surface area (Å²) in [6.07, 6.45) is 6.92. The monoisotopic (exact) mass is 303 g/mol. The second-order valence-electron chi connectivity index (χ2n) is 5.89. The van der Waals surface area contributed by atoms with Crippen LogP contribution >= 0.6 is 0 Å². The highest BCUT2D eigenvalue weighted by atomic mass is 15.3. The van der Waals surface area contributed by atoms with E-state index in [0.717, 1.165) is 38.0 Å². The summed E-state index contributed by atoms with van der Waals surface area (Å²) in [5, 5.41) is 3.41. The van der Waals surface area contributed by atoms with Crippen LogP contribution in [0.5, 0.6) is 0 Å². The highest BCUT2D eigenvalue weighted by molar-refractivity contribution is 5.79. The minimum absolute atomic E-state index is 0.760. The molecule has 0 aromatic carbocycles. The third kappa shape index (κ3) is 4.61. The summed E-state index contributed by atoms with van der Waals surface area (Å²) >= 11 is 0. The van der Waals surface area contributed by atoms with Crippen LogP contribution in [0.4, 0.5) is 5.82 Å². The van der Waals surface area contributed by atoms with Gasteiger partial charge >= 0.3 is 0 Å². The highest BCUT2D eigenvalue weighted by Gasteiger charge is 2.13. The summed E-state index contributed by atoms with van der Waals surface area (Å²) in [4.78, 5) is 13.5. The molecule has 1 fully saturated rings. The molecule has 2 heterocycles. The molecule has 1 N–H and O–H groups in total. The minimum Gasteiger partial charge on any atom is -0.357 e. The molecule has 0 atom stereocenters. The van der Waals surface area contributed by atoms with Crippen LogP contribution in [0.1, 0.15) is 38.2 Å². The molecule has 1 aliphatic heterocycles. The molecule has 1 aromatic heterocycles. The normalized spacial score (nSPS) is 15.2. The summed E-state index contributed by atoms with van der Waals surface area (Å²) in [5.41, 5.74) is 1.19. The second kappa shape index (κ2) is 8.61. The maximum absolute atomic E-state index is 4.59. The summed E-state index contributed by atoms with van der Waals surface area (Å²) in [7, 11) is 3.92. The Kier molecular flexibility index (Phi) is 6.49. The van der Waals surface area contributed by atoms with Crippen LogP contribution in [0.15, 0.2) is 23.3 Å². The van der Waals surface area contributed by atoms with E-state index in [1.807, 2.05) is 13.2 Å². The minimum atomic E-state index is 0.760. The van der Waals surface area contributed by atoms with Crippen molar-refractivity contribution in [2.24, 2.45) is 4.99 Å². The van der Waals surface area contributed by atoms with Gasteiger partial charge in [0.05, 0.1) is 0 Å². The smallest absolute Gasteiger partial charge is 0.193 e. The number of nitrogens with zero attached hydrogens (tertiary/aromatic N) is 4. The first-order chi connectivity index (χ1) is 10.7. The Balaban J connectivity index is 1.85. The number of rotatable bonds is 6. The van der Waals surface area contributed by atoms with Gasteiger partial charge in [0, 0.05) is 46.5 Å². The van der Waals surface area contributed by atoms with Crippen molar-refractivity contribution in [2.75, 3.05) is 38.6 Å². The Bertz CT molecular complexity index is 462. The molecule has 1 aliphatic rings. The van der Waals surface area contributed by atoms with Crippen molar-refractivity contribution in [3.8, 4) is 0 Å². The first-order valence-corrected chi connectivity index (χ1v) is 8.36. The van der Waals surface area contributed by atoms with Crippen LogP contribution in [-0.4, -0.2) is 49.6 Å². The molecule has 0 spiro atoms. The summed E-state index contributed by atoms with van der Waals surface area (Å²) in [6, 6.07) is 4.29. The van der Waals surface area contributed by atoms with Crippen LogP contribution < -0.4 is 10.2 Å². The van der Waals surface area contributed by atoms with Gasteiger partial charge in [-0.05, 0) is 30.9 Å². The lowest BCUT2D eigenvalue weighted by atomic mass is 10.2. The van der Waals surface area contributed by atoms with Crippen molar-refractivity contribution in [1.29, 1.82) is 0 Å². The molecule has 0 amide bonds. The molecular formula is C17H29N5. The number of aliphatic imine (C=N–C) groups is 1. The lowest BCUT2D eigenvalue weighted by molar-refractivity contribution is 0.464. The van der Waals surface area contributed by atoms with Crippen molar-refractivity contribution in [2.45, 2.75) is 39.2 Å². The van der Waals surface area contributed by atoms with Gasteiger partial charge in [-0.1, -0.05) is 19.4 Å².